The van der Waals surface area contributed by atoms with Crippen molar-refractivity contribution in [2.24, 2.45) is 0 Å². The van der Waals surface area contributed by atoms with E-state index in [0.29, 0.717) is 24.3 Å². The summed E-state index contributed by atoms with van der Waals surface area (Å²) in [6.45, 7) is -0.325. The maximum atomic E-state index is 13.5. The van der Waals surface area contributed by atoms with Gasteiger partial charge in [0.1, 0.15) is 19.2 Å². The zero-order valence-electron chi connectivity index (χ0n) is 19.7. The van der Waals surface area contributed by atoms with Gasteiger partial charge in [0.05, 0.1) is 11.7 Å². The third kappa shape index (κ3) is 6.74. The predicted molar refractivity (Wildman–Crippen MR) is 139 cm³/mol. The maximum Gasteiger partial charge on any atom is 0.323 e. The van der Waals surface area contributed by atoms with Gasteiger partial charge in [-0.05, 0) is 36.1 Å². The molecule has 2 atom stereocenters. The van der Waals surface area contributed by atoms with Gasteiger partial charge in [0.2, 0.25) is 5.91 Å². The van der Waals surface area contributed by atoms with Crippen LogP contribution < -0.4 is 10.2 Å². The Bertz CT molecular complexity index is 1190. The smallest absolute Gasteiger partial charge is 0.323 e. The number of carbonyl (C=O) groups is 3. The number of para-hydroxylation sites is 1. The van der Waals surface area contributed by atoms with Crippen LogP contribution in [0.25, 0.3) is 0 Å². The van der Waals surface area contributed by atoms with E-state index < -0.39 is 30.6 Å². The summed E-state index contributed by atoms with van der Waals surface area (Å²) < 4.78 is 5.61. The number of anilines is 1. The second-order valence-corrected chi connectivity index (χ2v) is 9.55. The lowest BCUT2D eigenvalue weighted by Crippen LogP contribution is -2.54. The molecule has 3 aromatic rings. The predicted octanol–water partition coefficient (Wildman–Crippen LogP) is 3.91. The number of aryl methyl sites for hydroxylation is 1. The molecule has 0 radical (unpaired) electrons. The third-order valence-electron chi connectivity index (χ3n) is 5.89. The molecule has 36 heavy (non-hydrogen) atoms. The first-order valence-corrected chi connectivity index (χ1v) is 12.8. The molecule has 4 rings (SSSR count). The van der Waals surface area contributed by atoms with Crippen molar-refractivity contribution in [2.75, 3.05) is 17.2 Å². The number of fused-ring (bicyclic) bond motifs is 1. The molecule has 0 aliphatic carbocycles. The second kappa shape index (κ2) is 12.4. The number of rotatable bonds is 10. The van der Waals surface area contributed by atoms with Crippen LogP contribution in [0.15, 0.2) is 89.8 Å². The van der Waals surface area contributed by atoms with E-state index in [9.17, 15) is 19.5 Å². The van der Waals surface area contributed by atoms with Crippen LogP contribution in [0.2, 0.25) is 0 Å². The zero-order valence-corrected chi connectivity index (χ0v) is 20.5. The number of nitrogens with zero attached hydrogens (tertiary/aromatic N) is 1. The molecule has 186 valence electrons. The molecule has 1 aliphatic heterocycles. The molecule has 1 unspecified atom stereocenters. The number of esters is 1. The summed E-state index contributed by atoms with van der Waals surface area (Å²) in [6.07, 6.45) is 1.05. The lowest BCUT2D eigenvalue weighted by molar-refractivity contribution is -0.148. The summed E-state index contributed by atoms with van der Waals surface area (Å²) >= 11 is 1.46. The fourth-order valence-electron chi connectivity index (χ4n) is 4.07. The molecule has 1 amide bonds. The Labute approximate surface area is 214 Å². The minimum atomic E-state index is -1.10. The average Bonchev–Trinajstić information content (AvgIpc) is 3.02. The van der Waals surface area contributed by atoms with Gasteiger partial charge in [0.15, 0.2) is 0 Å². The minimum Gasteiger partial charge on any atom is -0.480 e. The molecule has 2 N–H and O–H groups in total. The standard InChI is InChI=1S/C28H28N2O5S/c31-26(32)17-30-24-13-7-8-14-25(24)36-19-23(27(30)33)29-22(16-15-20-9-3-1-4-10-20)28(34)35-18-21-11-5-2-6-12-21/h1-14,22-23,29H,15-19H2,(H,31,32)/t22?,23-/m0/s1. The van der Waals surface area contributed by atoms with E-state index in [1.54, 1.807) is 12.1 Å². The molecule has 1 heterocycles. The van der Waals surface area contributed by atoms with Crippen LogP contribution >= 0.6 is 11.8 Å². The summed E-state index contributed by atoms with van der Waals surface area (Å²) in [5.74, 6) is -1.57. The van der Waals surface area contributed by atoms with Crippen molar-refractivity contribution in [3.8, 4) is 0 Å². The van der Waals surface area contributed by atoms with Crippen molar-refractivity contribution in [3.63, 3.8) is 0 Å². The van der Waals surface area contributed by atoms with Crippen molar-refractivity contribution in [1.82, 2.24) is 5.32 Å². The summed E-state index contributed by atoms with van der Waals surface area (Å²) in [7, 11) is 0. The lowest BCUT2D eigenvalue weighted by atomic mass is 10.0. The average molecular weight is 505 g/mol. The van der Waals surface area contributed by atoms with Gasteiger partial charge >= 0.3 is 11.9 Å². The van der Waals surface area contributed by atoms with Crippen LogP contribution in [0.3, 0.4) is 0 Å². The van der Waals surface area contributed by atoms with E-state index in [1.165, 1.54) is 16.7 Å². The van der Waals surface area contributed by atoms with Gasteiger partial charge in [0, 0.05) is 10.6 Å². The largest absolute Gasteiger partial charge is 0.480 e. The number of thioether (sulfide) groups is 1. The molecule has 3 aromatic carbocycles. The number of carbonyl (C=O) groups excluding carboxylic acids is 2. The number of ether oxygens (including phenoxy) is 1. The monoisotopic (exact) mass is 504 g/mol. The first-order valence-electron chi connectivity index (χ1n) is 11.8. The van der Waals surface area contributed by atoms with Gasteiger partial charge in [-0.1, -0.05) is 72.8 Å². The van der Waals surface area contributed by atoms with Crippen LogP contribution in [0.4, 0.5) is 5.69 Å². The molecule has 0 spiro atoms. The topological polar surface area (TPSA) is 95.9 Å². The van der Waals surface area contributed by atoms with Gasteiger partial charge in [0.25, 0.3) is 0 Å². The molecule has 0 saturated heterocycles. The van der Waals surface area contributed by atoms with E-state index in [4.69, 9.17) is 4.74 Å². The molecule has 0 bridgehead atoms. The van der Waals surface area contributed by atoms with Crippen molar-refractivity contribution in [3.05, 3.63) is 96.1 Å². The Morgan fingerprint density at radius 3 is 2.31 bits per heavy atom. The first kappa shape index (κ1) is 25.5. The molecular formula is C28H28N2O5S. The SMILES string of the molecule is O=C(O)CN1C(=O)[C@@H](NC(CCc2ccccc2)C(=O)OCc2ccccc2)CSc2ccccc21. The number of aliphatic carboxylic acids is 1. The Kier molecular flexibility index (Phi) is 8.76. The van der Waals surface area contributed by atoms with Gasteiger partial charge < -0.3 is 9.84 Å². The van der Waals surface area contributed by atoms with Gasteiger partial charge in [-0.25, -0.2) is 0 Å². The number of hydrogen-bond donors (Lipinski definition) is 2. The summed E-state index contributed by atoms with van der Waals surface area (Å²) in [5.41, 5.74) is 2.50. The van der Waals surface area contributed by atoms with E-state index >= 15 is 0 Å². The fraction of sp³-hybridized carbons (Fsp3) is 0.250. The number of benzene rings is 3. The highest BCUT2D eigenvalue weighted by Gasteiger charge is 2.35. The molecular weight excluding hydrogens is 476 g/mol. The quantitative estimate of drug-likeness (QED) is 0.404. The maximum absolute atomic E-state index is 13.5. The van der Waals surface area contributed by atoms with Crippen LogP contribution in [-0.4, -0.2) is 47.3 Å². The van der Waals surface area contributed by atoms with Crippen LogP contribution in [0.5, 0.6) is 0 Å². The molecule has 1 aliphatic rings. The van der Waals surface area contributed by atoms with Crippen molar-refractivity contribution < 1.29 is 24.2 Å². The summed E-state index contributed by atoms with van der Waals surface area (Å²) in [6, 6.07) is 25.0. The van der Waals surface area contributed by atoms with E-state index in [2.05, 4.69) is 5.32 Å². The summed E-state index contributed by atoms with van der Waals surface area (Å²) in [4.78, 5) is 40.3. The molecule has 0 fully saturated rings. The Morgan fingerprint density at radius 2 is 1.61 bits per heavy atom. The summed E-state index contributed by atoms with van der Waals surface area (Å²) in [5, 5.41) is 12.7. The van der Waals surface area contributed by atoms with Gasteiger partial charge in [-0.2, -0.15) is 0 Å². The normalized spacial score (nSPS) is 16.1. The number of carboxylic acid groups (broad SMARTS) is 1. The fourth-order valence-corrected chi connectivity index (χ4v) is 5.15. The van der Waals surface area contributed by atoms with Crippen molar-refractivity contribution >= 4 is 35.3 Å². The lowest BCUT2D eigenvalue weighted by Gasteiger charge is -2.27. The highest BCUT2D eigenvalue weighted by molar-refractivity contribution is 7.99. The van der Waals surface area contributed by atoms with Crippen LogP contribution in [0.1, 0.15) is 17.5 Å². The van der Waals surface area contributed by atoms with Crippen molar-refractivity contribution in [2.45, 2.75) is 36.4 Å². The molecule has 0 saturated carbocycles. The number of amides is 1. The molecule has 0 aromatic heterocycles. The second-order valence-electron chi connectivity index (χ2n) is 8.49. The zero-order chi connectivity index (χ0) is 25.3. The van der Waals surface area contributed by atoms with Crippen LogP contribution in [0, 0.1) is 0 Å². The molecule has 7 nitrogen and oxygen atoms in total. The number of carboxylic acids is 1. The van der Waals surface area contributed by atoms with E-state index in [-0.39, 0.29) is 12.5 Å². The highest BCUT2D eigenvalue weighted by atomic mass is 32.2. The Balaban J connectivity index is 1.52. The van der Waals surface area contributed by atoms with Crippen LogP contribution in [-0.2, 0) is 32.1 Å². The van der Waals surface area contributed by atoms with Gasteiger partial charge in [-0.3, -0.25) is 24.6 Å². The minimum absolute atomic E-state index is 0.132. The molecule has 8 heteroatoms. The Hall–Kier alpha value is -3.62. The van der Waals surface area contributed by atoms with E-state index in [0.717, 1.165) is 16.0 Å². The third-order valence-corrected chi connectivity index (χ3v) is 7.05. The van der Waals surface area contributed by atoms with E-state index in [1.807, 2.05) is 72.8 Å². The Morgan fingerprint density at radius 1 is 0.972 bits per heavy atom. The highest BCUT2D eigenvalue weighted by Crippen LogP contribution is 2.34. The van der Waals surface area contributed by atoms with Gasteiger partial charge in [-0.15, -0.1) is 11.8 Å². The first-order chi connectivity index (χ1) is 17.5. The number of hydrogen-bond acceptors (Lipinski definition) is 6. The van der Waals surface area contributed by atoms with Crippen molar-refractivity contribution in [1.29, 1.82) is 0 Å². The number of nitrogens with one attached hydrogen (secondary N) is 1.